The summed E-state index contributed by atoms with van der Waals surface area (Å²) in [4.78, 5) is 0. The van der Waals surface area contributed by atoms with Crippen molar-refractivity contribution in [2.45, 2.75) is 0 Å². The summed E-state index contributed by atoms with van der Waals surface area (Å²) in [5.74, 6) is 0.125. The van der Waals surface area contributed by atoms with Gasteiger partial charge in [0.05, 0.1) is 0 Å². The molecule has 0 amide bonds. The quantitative estimate of drug-likeness (QED) is 0.596. The Labute approximate surface area is 142 Å². The Morgan fingerprint density at radius 3 is 1.55 bits per heavy atom. The fraction of sp³-hybridized carbons (Fsp3) is 0. The minimum absolute atomic E-state index is 0. The molecule has 3 aromatic rings. The molecule has 0 aliphatic rings. The van der Waals surface area contributed by atoms with Gasteiger partial charge in [0, 0.05) is 34.8 Å². The van der Waals surface area contributed by atoms with Crippen LogP contribution in [-0.2, 0) is 4.57 Å². The van der Waals surface area contributed by atoms with Crippen molar-refractivity contribution in [3.63, 3.8) is 0 Å². The molecule has 0 unspecified atom stereocenters. The van der Waals surface area contributed by atoms with Crippen molar-refractivity contribution in [2.24, 2.45) is 0 Å². The van der Waals surface area contributed by atoms with E-state index < -0.39 is 7.14 Å². The van der Waals surface area contributed by atoms with E-state index in [1.807, 2.05) is 60.7 Å². The van der Waals surface area contributed by atoms with Gasteiger partial charge in [-0.15, -0.1) is 0 Å². The van der Waals surface area contributed by atoms with Crippen LogP contribution in [0.4, 0.5) is 0 Å². The molecular formula is C18H15LiO2P. The van der Waals surface area contributed by atoms with Crippen LogP contribution in [0.3, 0.4) is 0 Å². The first-order valence-corrected chi connectivity index (χ1v) is 8.43. The molecule has 0 aliphatic carbocycles. The van der Waals surface area contributed by atoms with Crippen molar-refractivity contribution in [2.75, 3.05) is 0 Å². The van der Waals surface area contributed by atoms with Gasteiger partial charge < -0.3 is 9.67 Å². The number of hydrogen-bond donors (Lipinski definition) is 1. The van der Waals surface area contributed by atoms with Gasteiger partial charge in [-0.05, 0) is 12.1 Å². The second kappa shape index (κ2) is 7.03. The molecule has 0 saturated carbocycles. The number of phenolic OH excluding ortho intramolecular Hbond substituents is 1. The van der Waals surface area contributed by atoms with Crippen molar-refractivity contribution < 1.29 is 9.67 Å². The van der Waals surface area contributed by atoms with E-state index in [2.05, 4.69) is 0 Å². The van der Waals surface area contributed by atoms with E-state index in [4.69, 9.17) is 0 Å². The molecule has 3 aromatic carbocycles. The zero-order valence-corrected chi connectivity index (χ0v) is 13.3. The summed E-state index contributed by atoms with van der Waals surface area (Å²) in [7, 11) is -2.96. The minimum Gasteiger partial charge on any atom is -0.508 e. The largest absolute Gasteiger partial charge is 0.508 e. The molecular weight excluding hydrogens is 286 g/mol. The van der Waals surface area contributed by atoms with Crippen molar-refractivity contribution in [3.8, 4) is 5.75 Å². The molecule has 1 N–H and O–H groups in total. The summed E-state index contributed by atoms with van der Waals surface area (Å²) in [6, 6.07) is 25.5. The molecule has 0 aromatic heterocycles. The summed E-state index contributed by atoms with van der Waals surface area (Å²) in [6.07, 6.45) is 0. The van der Waals surface area contributed by atoms with Crippen LogP contribution in [0.25, 0.3) is 0 Å². The van der Waals surface area contributed by atoms with Gasteiger partial charge in [-0.1, -0.05) is 72.8 Å². The first kappa shape index (κ1) is 16.7. The van der Waals surface area contributed by atoms with Crippen LogP contribution in [0.2, 0.25) is 0 Å². The predicted octanol–water partition coefficient (Wildman–Crippen LogP) is 2.65. The van der Waals surface area contributed by atoms with Crippen LogP contribution >= 0.6 is 7.14 Å². The number of phenols is 1. The Hall–Kier alpha value is -1.71. The van der Waals surface area contributed by atoms with E-state index >= 15 is 0 Å². The van der Waals surface area contributed by atoms with E-state index in [9.17, 15) is 9.67 Å². The summed E-state index contributed by atoms with van der Waals surface area (Å²) in [5, 5.41) is 11.9. The average Bonchev–Trinajstić information content (AvgIpc) is 2.56. The summed E-state index contributed by atoms with van der Waals surface area (Å²) in [5.41, 5.74) is 0. The third kappa shape index (κ3) is 3.06. The van der Waals surface area contributed by atoms with Crippen molar-refractivity contribution in [3.05, 3.63) is 84.9 Å². The Kier molecular flexibility index (Phi) is 5.32. The Bertz CT molecular complexity index is 745. The van der Waals surface area contributed by atoms with Crippen LogP contribution in [-0.4, -0.2) is 24.0 Å². The van der Waals surface area contributed by atoms with Gasteiger partial charge in [0.1, 0.15) is 5.75 Å². The average molecular weight is 301 g/mol. The molecule has 2 nitrogen and oxygen atoms in total. The van der Waals surface area contributed by atoms with E-state index in [1.54, 1.807) is 24.3 Å². The normalized spacial score (nSPS) is 10.7. The summed E-state index contributed by atoms with van der Waals surface area (Å²) in [6.45, 7) is 0. The van der Waals surface area contributed by atoms with E-state index in [-0.39, 0.29) is 24.6 Å². The van der Waals surface area contributed by atoms with Crippen LogP contribution in [0, 0.1) is 0 Å². The maximum Gasteiger partial charge on any atom is 0.171 e. The Morgan fingerprint density at radius 2 is 1.09 bits per heavy atom. The van der Waals surface area contributed by atoms with Gasteiger partial charge in [0.25, 0.3) is 0 Å². The number of rotatable bonds is 3. The SMILES string of the molecule is O=P(c1ccccc1)(c1ccccc1)c1cccc(O)c1.[Li]. The monoisotopic (exact) mass is 301 g/mol. The minimum atomic E-state index is -2.96. The molecule has 3 rings (SSSR count). The van der Waals surface area contributed by atoms with Gasteiger partial charge in [0.15, 0.2) is 7.14 Å². The fourth-order valence-electron chi connectivity index (χ4n) is 2.41. The van der Waals surface area contributed by atoms with E-state index in [0.717, 1.165) is 10.6 Å². The molecule has 4 heteroatoms. The number of benzene rings is 3. The van der Waals surface area contributed by atoms with Gasteiger partial charge in [0.2, 0.25) is 0 Å². The van der Waals surface area contributed by atoms with Gasteiger partial charge in [-0.25, -0.2) is 0 Å². The fourth-order valence-corrected chi connectivity index (χ4v) is 5.10. The van der Waals surface area contributed by atoms with E-state index in [1.165, 1.54) is 0 Å². The molecule has 22 heavy (non-hydrogen) atoms. The van der Waals surface area contributed by atoms with Crippen LogP contribution in [0.5, 0.6) is 5.75 Å². The standard InChI is InChI=1S/C18H15O2P.Li/c19-15-8-7-13-18(14-15)21(20,16-9-3-1-4-10-16)17-11-5-2-6-12-17;/h1-14,19H;. The molecule has 1 radical (unpaired) electrons. The molecule has 0 saturated heterocycles. The molecule has 0 atom stereocenters. The smallest absolute Gasteiger partial charge is 0.171 e. The third-order valence-corrected chi connectivity index (χ3v) is 6.49. The molecule has 0 aliphatic heterocycles. The Balaban J connectivity index is 0.00000176. The van der Waals surface area contributed by atoms with Crippen molar-refractivity contribution >= 4 is 41.9 Å². The third-order valence-electron chi connectivity index (χ3n) is 3.43. The van der Waals surface area contributed by atoms with Crippen LogP contribution < -0.4 is 15.9 Å². The first-order valence-electron chi connectivity index (χ1n) is 6.72. The topological polar surface area (TPSA) is 37.3 Å². The molecule has 105 valence electrons. The maximum atomic E-state index is 13.9. The Morgan fingerprint density at radius 1 is 0.636 bits per heavy atom. The van der Waals surface area contributed by atoms with Gasteiger partial charge in [-0.2, -0.15) is 0 Å². The molecule has 0 heterocycles. The van der Waals surface area contributed by atoms with Crippen molar-refractivity contribution in [1.29, 1.82) is 0 Å². The van der Waals surface area contributed by atoms with Crippen molar-refractivity contribution in [1.82, 2.24) is 0 Å². The maximum absolute atomic E-state index is 13.9. The zero-order valence-electron chi connectivity index (χ0n) is 12.4. The first-order chi connectivity index (χ1) is 10.2. The van der Waals surface area contributed by atoms with Crippen LogP contribution in [0.1, 0.15) is 0 Å². The molecule has 0 spiro atoms. The summed E-state index contributed by atoms with van der Waals surface area (Å²) >= 11 is 0. The number of hydrogen-bond acceptors (Lipinski definition) is 2. The van der Waals surface area contributed by atoms with Gasteiger partial charge in [-0.3, -0.25) is 0 Å². The summed E-state index contributed by atoms with van der Waals surface area (Å²) < 4.78 is 13.9. The van der Waals surface area contributed by atoms with Crippen LogP contribution in [0.15, 0.2) is 84.9 Å². The van der Waals surface area contributed by atoms with E-state index in [0.29, 0.717) is 5.30 Å². The number of aromatic hydroxyl groups is 1. The second-order valence-electron chi connectivity index (χ2n) is 4.80. The zero-order chi connectivity index (χ0) is 14.7. The second-order valence-corrected chi connectivity index (χ2v) is 7.57. The predicted molar refractivity (Wildman–Crippen MR) is 93.3 cm³/mol. The molecule has 0 bridgehead atoms. The molecule has 0 fully saturated rings. The van der Waals surface area contributed by atoms with Gasteiger partial charge >= 0.3 is 0 Å².